The van der Waals surface area contributed by atoms with Gasteiger partial charge in [0.25, 0.3) is 0 Å². The van der Waals surface area contributed by atoms with Crippen molar-refractivity contribution in [3.05, 3.63) is 35.9 Å². The Bertz CT molecular complexity index is 512. The third-order valence-electron chi connectivity index (χ3n) is 4.30. The number of hydrogen-bond donors (Lipinski definition) is 3. The Kier molecular flexibility index (Phi) is 5.55. The van der Waals surface area contributed by atoms with Gasteiger partial charge in [-0.3, -0.25) is 14.9 Å². The molecule has 1 unspecified atom stereocenters. The van der Waals surface area contributed by atoms with Gasteiger partial charge in [0.1, 0.15) is 6.04 Å². The molecule has 0 radical (unpaired) electrons. The lowest BCUT2D eigenvalue weighted by Crippen LogP contribution is -2.54. The summed E-state index contributed by atoms with van der Waals surface area (Å²) in [6.07, 6.45) is 4.24. The van der Waals surface area contributed by atoms with Crippen molar-refractivity contribution >= 4 is 11.9 Å². The lowest BCUT2D eigenvalue weighted by atomic mass is 9.72. The molecule has 1 aliphatic rings. The molecule has 120 valence electrons. The van der Waals surface area contributed by atoms with Crippen LogP contribution in [0.25, 0.3) is 0 Å². The molecule has 0 bridgehead atoms. The summed E-state index contributed by atoms with van der Waals surface area (Å²) in [4.78, 5) is 23.3. The highest BCUT2D eigenvalue weighted by molar-refractivity contribution is 5.80. The summed E-state index contributed by atoms with van der Waals surface area (Å²) >= 11 is 0. The van der Waals surface area contributed by atoms with E-state index in [2.05, 4.69) is 10.6 Å². The van der Waals surface area contributed by atoms with Crippen molar-refractivity contribution in [2.24, 2.45) is 0 Å². The van der Waals surface area contributed by atoms with Gasteiger partial charge in [0.05, 0.1) is 12.1 Å². The first kappa shape index (κ1) is 16.5. The molecule has 1 aromatic carbocycles. The molecule has 0 saturated heterocycles. The molecule has 1 saturated carbocycles. The van der Waals surface area contributed by atoms with E-state index < -0.39 is 12.0 Å². The molecule has 3 N–H and O–H groups in total. The third kappa shape index (κ3) is 3.85. The smallest absolute Gasteiger partial charge is 0.320 e. The van der Waals surface area contributed by atoms with E-state index >= 15 is 0 Å². The van der Waals surface area contributed by atoms with Crippen LogP contribution in [0, 0.1) is 0 Å². The minimum atomic E-state index is -0.906. The van der Waals surface area contributed by atoms with Gasteiger partial charge >= 0.3 is 5.97 Å². The Morgan fingerprint density at radius 1 is 1.27 bits per heavy atom. The molecular weight excluding hydrogens is 280 g/mol. The standard InChI is InChI=1S/C17H24N2O3/c1-2-7-14(16(21)22)18-12-15(20)19-17(10-6-11-17)13-8-4-3-5-9-13/h3-5,8-9,14,18H,2,6-7,10-12H2,1H3,(H,19,20)(H,21,22). The molecule has 22 heavy (non-hydrogen) atoms. The maximum atomic E-state index is 12.2. The fourth-order valence-electron chi connectivity index (χ4n) is 2.90. The number of rotatable bonds is 8. The number of benzene rings is 1. The largest absolute Gasteiger partial charge is 0.480 e. The van der Waals surface area contributed by atoms with E-state index in [9.17, 15) is 9.59 Å². The second-order valence-corrected chi connectivity index (χ2v) is 5.91. The average molecular weight is 304 g/mol. The highest BCUT2D eigenvalue weighted by Crippen LogP contribution is 2.40. The Balaban J connectivity index is 1.92. The Morgan fingerprint density at radius 2 is 1.95 bits per heavy atom. The number of carboxylic acid groups (broad SMARTS) is 1. The van der Waals surface area contributed by atoms with Crippen LogP contribution in [-0.4, -0.2) is 29.6 Å². The molecule has 2 rings (SSSR count). The van der Waals surface area contributed by atoms with Crippen LogP contribution < -0.4 is 10.6 Å². The molecule has 0 heterocycles. The highest BCUT2D eigenvalue weighted by atomic mass is 16.4. The van der Waals surface area contributed by atoms with Gasteiger partial charge in [-0.15, -0.1) is 0 Å². The van der Waals surface area contributed by atoms with E-state index in [1.807, 2.05) is 37.3 Å². The van der Waals surface area contributed by atoms with Gasteiger partial charge in [-0.25, -0.2) is 0 Å². The first-order valence-electron chi connectivity index (χ1n) is 7.90. The lowest BCUT2D eigenvalue weighted by Gasteiger charge is -2.43. The van der Waals surface area contributed by atoms with Crippen molar-refractivity contribution in [1.82, 2.24) is 10.6 Å². The van der Waals surface area contributed by atoms with Gasteiger partial charge in [0.15, 0.2) is 0 Å². The van der Waals surface area contributed by atoms with Crippen LogP contribution in [0.5, 0.6) is 0 Å². The molecule has 0 aliphatic heterocycles. The number of hydrogen-bond acceptors (Lipinski definition) is 3. The Labute approximate surface area is 131 Å². The van der Waals surface area contributed by atoms with Crippen LogP contribution in [0.3, 0.4) is 0 Å². The van der Waals surface area contributed by atoms with E-state index in [1.165, 1.54) is 0 Å². The molecule has 0 aromatic heterocycles. The summed E-state index contributed by atoms with van der Waals surface area (Å²) in [5.41, 5.74) is 0.849. The number of aliphatic carboxylic acids is 1. The number of carbonyl (C=O) groups is 2. The first-order chi connectivity index (χ1) is 10.6. The van der Waals surface area contributed by atoms with Crippen molar-refractivity contribution in [3.63, 3.8) is 0 Å². The number of amides is 1. The average Bonchev–Trinajstić information content (AvgIpc) is 2.48. The molecule has 1 atom stereocenters. The maximum absolute atomic E-state index is 12.2. The van der Waals surface area contributed by atoms with E-state index in [-0.39, 0.29) is 18.0 Å². The summed E-state index contributed by atoms with van der Waals surface area (Å²) in [6, 6.07) is 9.31. The van der Waals surface area contributed by atoms with Crippen molar-refractivity contribution in [3.8, 4) is 0 Å². The number of carbonyl (C=O) groups excluding carboxylic acids is 1. The van der Waals surface area contributed by atoms with E-state index in [0.29, 0.717) is 6.42 Å². The van der Waals surface area contributed by atoms with Crippen LogP contribution in [0.1, 0.15) is 44.6 Å². The zero-order valence-corrected chi connectivity index (χ0v) is 13.0. The summed E-state index contributed by atoms with van der Waals surface area (Å²) in [7, 11) is 0. The predicted octanol–water partition coefficient (Wildman–Crippen LogP) is 2.02. The first-order valence-corrected chi connectivity index (χ1v) is 7.90. The Morgan fingerprint density at radius 3 is 2.45 bits per heavy atom. The topological polar surface area (TPSA) is 78.4 Å². The van der Waals surface area contributed by atoms with Crippen molar-refractivity contribution in [2.75, 3.05) is 6.54 Å². The number of carboxylic acids is 1. The fourth-order valence-corrected chi connectivity index (χ4v) is 2.90. The molecule has 1 aliphatic carbocycles. The second kappa shape index (κ2) is 7.40. The summed E-state index contributed by atoms with van der Waals surface area (Å²) in [6.45, 7) is 1.96. The van der Waals surface area contributed by atoms with Crippen LogP contribution in [0.2, 0.25) is 0 Å². The second-order valence-electron chi connectivity index (χ2n) is 5.91. The zero-order valence-electron chi connectivity index (χ0n) is 13.0. The van der Waals surface area contributed by atoms with Crippen LogP contribution in [0.15, 0.2) is 30.3 Å². The van der Waals surface area contributed by atoms with Crippen molar-refractivity contribution in [1.29, 1.82) is 0 Å². The van der Waals surface area contributed by atoms with Gasteiger partial charge in [0, 0.05) is 0 Å². The van der Waals surface area contributed by atoms with Gasteiger partial charge in [-0.1, -0.05) is 43.7 Å². The summed E-state index contributed by atoms with van der Waals surface area (Å²) < 4.78 is 0. The third-order valence-corrected chi connectivity index (χ3v) is 4.30. The molecular formula is C17H24N2O3. The minimum absolute atomic E-state index is 0.0333. The van der Waals surface area contributed by atoms with Crippen molar-refractivity contribution < 1.29 is 14.7 Å². The monoisotopic (exact) mass is 304 g/mol. The van der Waals surface area contributed by atoms with Gasteiger partial charge in [-0.2, -0.15) is 0 Å². The van der Waals surface area contributed by atoms with Gasteiger partial charge in [0.2, 0.25) is 5.91 Å². The molecule has 5 heteroatoms. The predicted molar refractivity (Wildman–Crippen MR) is 84.4 cm³/mol. The van der Waals surface area contributed by atoms with E-state index in [4.69, 9.17) is 5.11 Å². The zero-order chi connectivity index (χ0) is 16.0. The SMILES string of the molecule is CCCC(NCC(=O)NC1(c2ccccc2)CCC1)C(=O)O. The molecule has 1 amide bonds. The molecule has 5 nitrogen and oxygen atoms in total. The fraction of sp³-hybridized carbons (Fsp3) is 0.529. The van der Waals surface area contributed by atoms with Crippen molar-refractivity contribution in [2.45, 2.75) is 50.6 Å². The molecule has 1 aromatic rings. The summed E-state index contributed by atoms with van der Waals surface area (Å²) in [5, 5.41) is 15.0. The van der Waals surface area contributed by atoms with Crippen LogP contribution >= 0.6 is 0 Å². The maximum Gasteiger partial charge on any atom is 0.320 e. The Hall–Kier alpha value is -1.88. The molecule has 0 spiro atoms. The van der Waals surface area contributed by atoms with Gasteiger partial charge < -0.3 is 10.4 Å². The normalized spacial score (nSPS) is 17.3. The summed E-state index contributed by atoms with van der Waals surface area (Å²) in [5.74, 6) is -1.05. The molecule has 1 fully saturated rings. The van der Waals surface area contributed by atoms with Crippen LogP contribution in [-0.2, 0) is 15.1 Å². The highest BCUT2D eigenvalue weighted by Gasteiger charge is 2.39. The van der Waals surface area contributed by atoms with Crippen LogP contribution in [0.4, 0.5) is 0 Å². The van der Waals surface area contributed by atoms with E-state index in [1.54, 1.807) is 0 Å². The minimum Gasteiger partial charge on any atom is -0.480 e. The quantitative estimate of drug-likeness (QED) is 0.686. The van der Waals surface area contributed by atoms with Gasteiger partial charge in [-0.05, 0) is 31.2 Å². The van der Waals surface area contributed by atoms with E-state index in [0.717, 1.165) is 31.2 Å². The number of nitrogens with one attached hydrogen (secondary N) is 2. The lowest BCUT2D eigenvalue weighted by molar-refractivity contribution is -0.139.